The van der Waals surface area contributed by atoms with E-state index in [2.05, 4.69) is 32.4 Å². The summed E-state index contributed by atoms with van der Waals surface area (Å²) < 4.78 is 6.91. The summed E-state index contributed by atoms with van der Waals surface area (Å²) in [5, 5.41) is 16.8. The summed E-state index contributed by atoms with van der Waals surface area (Å²) in [4.78, 5) is 28.3. The maximum absolute atomic E-state index is 12.2. The highest BCUT2D eigenvalue weighted by Crippen LogP contribution is 2.21. The van der Waals surface area contributed by atoms with Crippen molar-refractivity contribution in [3.63, 3.8) is 0 Å². The van der Waals surface area contributed by atoms with Gasteiger partial charge < -0.3 is 19.6 Å². The molecule has 3 heterocycles. The SMILES string of the molecule is C=CCn1c(SCC(=O)Nc2nccs2)nnc1[C@@H](C)NC(=O)c1ccco1. The quantitative estimate of drug-likeness (QED) is 0.405. The number of nitrogens with zero attached hydrogens (tertiary/aromatic N) is 4. The monoisotopic (exact) mass is 418 g/mol. The number of amides is 2. The minimum atomic E-state index is -0.413. The number of allylic oxidation sites excluding steroid dienone is 1. The summed E-state index contributed by atoms with van der Waals surface area (Å²) in [7, 11) is 0. The molecule has 0 aromatic carbocycles. The second-order valence-electron chi connectivity index (χ2n) is 5.59. The predicted octanol–water partition coefficient (Wildman–Crippen LogP) is 2.74. The summed E-state index contributed by atoms with van der Waals surface area (Å²) >= 11 is 2.60. The molecule has 2 amide bonds. The molecule has 28 heavy (non-hydrogen) atoms. The lowest BCUT2D eigenvalue weighted by molar-refractivity contribution is -0.113. The Morgan fingerprint density at radius 3 is 3.00 bits per heavy atom. The second kappa shape index (κ2) is 9.33. The standard InChI is InChI=1S/C17H18N6O3S2/c1-3-7-23-14(11(2)19-15(25)12-5-4-8-26-12)21-22-17(23)28-10-13(24)20-16-18-6-9-27-16/h3-6,8-9,11H,1,7,10H2,2H3,(H,19,25)(H,18,20,24)/t11-/m1/s1. The molecule has 0 bridgehead atoms. The van der Waals surface area contributed by atoms with Crippen LogP contribution in [0.3, 0.4) is 0 Å². The lowest BCUT2D eigenvalue weighted by Crippen LogP contribution is -2.28. The van der Waals surface area contributed by atoms with E-state index in [1.54, 1.807) is 41.3 Å². The van der Waals surface area contributed by atoms with Crippen molar-refractivity contribution in [2.45, 2.75) is 24.7 Å². The van der Waals surface area contributed by atoms with Crippen LogP contribution in [0.15, 0.2) is 52.2 Å². The Morgan fingerprint density at radius 1 is 1.46 bits per heavy atom. The van der Waals surface area contributed by atoms with E-state index in [4.69, 9.17) is 4.42 Å². The predicted molar refractivity (Wildman–Crippen MR) is 106 cm³/mol. The van der Waals surface area contributed by atoms with Crippen LogP contribution in [0.1, 0.15) is 29.3 Å². The maximum atomic E-state index is 12.2. The van der Waals surface area contributed by atoms with Crippen molar-refractivity contribution in [2.75, 3.05) is 11.1 Å². The third-order valence-corrected chi connectivity index (χ3v) is 5.20. The lowest BCUT2D eigenvalue weighted by atomic mass is 10.3. The number of rotatable bonds is 9. The molecule has 2 N–H and O–H groups in total. The first-order chi connectivity index (χ1) is 13.6. The van der Waals surface area contributed by atoms with Crippen molar-refractivity contribution >= 4 is 40.0 Å². The molecule has 11 heteroatoms. The van der Waals surface area contributed by atoms with Crippen molar-refractivity contribution in [3.05, 3.63) is 54.2 Å². The highest BCUT2D eigenvalue weighted by atomic mass is 32.2. The second-order valence-corrected chi connectivity index (χ2v) is 7.42. The van der Waals surface area contributed by atoms with E-state index in [0.29, 0.717) is 22.7 Å². The maximum Gasteiger partial charge on any atom is 0.287 e. The van der Waals surface area contributed by atoms with Crippen LogP contribution in [-0.2, 0) is 11.3 Å². The van der Waals surface area contributed by atoms with E-state index in [1.807, 2.05) is 0 Å². The number of carbonyl (C=O) groups excluding carboxylic acids is 2. The van der Waals surface area contributed by atoms with Crippen LogP contribution in [-0.4, -0.2) is 37.3 Å². The number of carbonyl (C=O) groups is 2. The largest absolute Gasteiger partial charge is 0.459 e. The zero-order valence-corrected chi connectivity index (χ0v) is 16.6. The van der Waals surface area contributed by atoms with Gasteiger partial charge in [-0.25, -0.2) is 4.98 Å². The lowest BCUT2D eigenvalue weighted by Gasteiger charge is -2.14. The minimum Gasteiger partial charge on any atom is -0.459 e. The fourth-order valence-electron chi connectivity index (χ4n) is 2.34. The fourth-order valence-corrected chi connectivity index (χ4v) is 3.64. The van der Waals surface area contributed by atoms with Crippen LogP contribution < -0.4 is 10.6 Å². The van der Waals surface area contributed by atoms with Crippen molar-refractivity contribution in [2.24, 2.45) is 0 Å². The molecule has 1 atom stereocenters. The fraction of sp³-hybridized carbons (Fsp3) is 0.235. The van der Waals surface area contributed by atoms with Gasteiger partial charge in [-0.05, 0) is 19.1 Å². The molecule has 146 valence electrons. The number of hydrogen-bond acceptors (Lipinski definition) is 8. The average molecular weight is 419 g/mol. The number of aromatic nitrogens is 4. The Balaban J connectivity index is 1.65. The number of nitrogens with one attached hydrogen (secondary N) is 2. The van der Waals surface area contributed by atoms with E-state index in [-0.39, 0.29) is 23.3 Å². The zero-order valence-electron chi connectivity index (χ0n) is 15.0. The average Bonchev–Trinajstić information content (AvgIpc) is 3.42. The Hall–Kier alpha value is -2.92. The van der Waals surface area contributed by atoms with E-state index < -0.39 is 6.04 Å². The van der Waals surface area contributed by atoms with Gasteiger partial charge in [-0.3, -0.25) is 9.59 Å². The van der Waals surface area contributed by atoms with Gasteiger partial charge in [-0.1, -0.05) is 17.8 Å². The first-order valence-electron chi connectivity index (χ1n) is 8.29. The summed E-state index contributed by atoms with van der Waals surface area (Å²) in [6.07, 6.45) is 4.76. The van der Waals surface area contributed by atoms with Gasteiger partial charge in [-0.15, -0.1) is 28.1 Å². The van der Waals surface area contributed by atoms with Gasteiger partial charge in [-0.2, -0.15) is 0 Å². The van der Waals surface area contributed by atoms with Gasteiger partial charge >= 0.3 is 0 Å². The molecule has 3 rings (SSSR count). The number of thiazole rings is 1. The Kier molecular flexibility index (Phi) is 6.61. The number of thioether (sulfide) groups is 1. The van der Waals surface area contributed by atoms with E-state index in [1.165, 1.54) is 29.4 Å². The smallest absolute Gasteiger partial charge is 0.287 e. The first kappa shape index (κ1) is 19.8. The van der Waals surface area contributed by atoms with Gasteiger partial charge in [0.2, 0.25) is 5.91 Å². The van der Waals surface area contributed by atoms with Gasteiger partial charge in [0.15, 0.2) is 21.9 Å². The molecule has 0 radical (unpaired) electrons. The van der Waals surface area contributed by atoms with Crippen molar-refractivity contribution in [1.82, 2.24) is 25.1 Å². The number of hydrogen-bond donors (Lipinski definition) is 2. The molecule has 3 aromatic heterocycles. The van der Waals surface area contributed by atoms with Crippen LogP contribution in [0.2, 0.25) is 0 Å². The zero-order chi connectivity index (χ0) is 19.9. The summed E-state index contributed by atoms with van der Waals surface area (Å²) in [5.41, 5.74) is 0. The normalized spacial score (nSPS) is 11.8. The third kappa shape index (κ3) is 4.87. The number of furan rings is 1. The molecule has 3 aromatic rings. The minimum absolute atomic E-state index is 0.155. The van der Waals surface area contributed by atoms with Gasteiger partial charge in [0, 0.05) is 18.1 Å². The molecular formula is C17H18N6O3S2. The van der Waals surface area contributed by atoms with E-state index in [0.717, 1.165) is 0 Å². The van der Waals surface area contributed by atoms with E-state index in [9.17, 15) is 9.59 Å². The molecular weight excluding hydrogens is 400 g/mol. The highest BCUT2D eigenvalue weighted by molar-refractivity contribution is 7.99. The third-order valence-electron chi connectivity index (χ3n) is 3.55. The van der Waals surface area contributed by atoms with Crippen molar-refractivity contribution in [3.8, 4) is 0 Å². The van der Waals surface area contributed by atoms with Crippen LogP contribution >= 0.6 is 23.1 Å². The first-order valence-corrected chi connectivity index (χ1v) is 10.2. The van der Waals surface area contributed by atoms with E-state index >= 15 is 0 Å². The molecule has 0 saturated carbocycles. The molecule has 0 saturated heterocycles. The van der Waals surface area contributed by atoms with Crippen LogP contribution in [0, 0.1) is 0 Å². The van der Waals surface area contributed by atoms with Gasteiger partial charge in [0.1, 0.15) is 0 Å². The Morgan fingerprint density at radius 2 is 2.32 bits per heavy atom. The van der Waals surface area contributed by atoms with Crippen molar-refractivity contribution < 1.29 is 14.0 Å². The molecule has 0 spiro atoms. The molecule has 0 aliphatic carbocycles. The molecule has 0 unspecified atom stereocenters. The van der Waals surface area contributed by atoms with Crippen molar-refractivity contribution in [1.29, 1.82) is 0 Å². The van der Waals surface area contributed by atoms with Crippen LogP contribution in [0.5, 0.6) is 0 Å². The topological polar surface area (TPSA) is 115 Å². The highest BCUT2D eigenvalue weighted by Gasteiger charge is 2.21. The Labute approximate surface area is 169 Å². The van der Waals surface area contributed by atoms with Gasteiger partial charge in [0.25, 0.3) is 5.91 Å². The molecule has 0 aliphatic heterocycles. The molecule has 9 nitrogen and oxygen atoms in total. The number of anilines is 1. The van der Waals surface area contributed by atoms with Crippen LogP contribution in [0.4, 0.5) is 5.13 Å². The molecule has 0 fully saturated rings. The van der Waals surface area contributed by atoms with Gasteiger partial charge in [0.05, 0.1) is 18.1 Å². The summed E-state index contributed by atoms with van der Waals surface area (Å²) in [5.74, 6) is 0.399. The summed E-state index contributed by atoms with van der Waals surface area (Å²) in [6.45, 7) is 5.99. The Bertz CT molecular complexity index is 936. The molecule has 0 aliphatic rings. The van der Waals surface area contributed by atoms with Crippen LogP contribution in [0.25, 0.3) is 0 Å². The summed E-state index contributed by atoms with van der Waals surface area (Å²) in [6, 6.07) is 2.81.